The Balaban J connectivity index is 3.61. The third kappa shape index (κ3) is 3.45. The number of pyridine rings is 1. The maximum absolute atomic E-state index is 11.0. The van der Waals surface area contributed by atoms with E-state index in [2.05, 4.69) is 4.98 Å². The molecule has 0 aliphatic rings. The average Bonchev–Trinajstić information content (AvgIpc) is 2.30. The fourth-order valence-electron chi connectivity index (χ4n) is 1.65. The lowest BCUT2D eigenvalue weighted by Gasteiger charge is -2.15. The highest BCUT2D eigenvalue weighted by molar-refractivity contribution is 6.29. The first-order chi connectivity index (χ1) is 9.66. The quantitative estimate of drug-likeness (QED) is 0.425. The first kappa shape index (κ1) is 16.4. The Labute approximate surface area is 121 Å². The summed E-state index contributed by atoms with van der Waals surface area (Å²) < 4.78 is 0. The summed E-state index contributed by atoms with van der Waals surface area (Å²) in [6.07, 6.45) is 0. The van der Waals surface area contributed by atoms with E-state index in [4.69, 9.17) is 32.0 Å². The van der Waals surface area contributed by atoms with Crippen LogP contribution >= 0.6 is 11.6 Å². The van der Waals surface area contributed by atoms with Gasteiger partial charge in [0.05, 0.1) is 5.69 Å². The Morgan fingerprint density at radius 1 is 0.857 bits per heavy atom. The van der Waals surface area contributed by atoms with E-state index in [1.165, 1.54) is 0 Å². The molecule has 0 amide bonds. The minimum Gasteiger partial charge on any atom is -0.480 e. The smallest absolute Gasteiger partial charge is 0.324 e. The van der Waals surface area contributed by atoms with E-state index in [1.807, 2.05) is 0 Å². The van der Waals surface area contributed by atoms with E-state index in [-0.39, 0.29) is 5.15 Å². The Morgan fingerprint density at radius 3 is 1.67 bits per heavy atom. The summed E-state index contributed by atoms with van der Waals surface area (Å²) in [4.78, 5) is 47.5. The Kier molecular flexibility index (Phi) is 4.82. The minimum absolute atomic E-state index is 0.296. The molecule has 10 heteroatoms. The zero-order chi connectivity index (χ0) is 16.3. The number of hydrogen-bond acceptors (Lipinski definition) is 5. The van der Waals surface area contributed by atoms with Crippen molar-refractivity contribution in [1.29, 1.82) is 0 Å². The molecule has 9 nitrogen and oxygen atoms in total. The SMILES string of the molecule is O=C(O)C(C(=O)O)c1ccc(Cl)nc1C(C(=O)O)C(=O)O. The van der Waals surface area contributed by atoms with Crippen LogP contribution in [0, 0.1) is 0 Å². The fraction of sp³-hybridized carbons (Fsp3) is 0.182. The molecule has 0 unspecified atom stereocenters. The lowest BCUT2D eigenvalue weighted by molar-refractivity contribution is -0.153. The third-order valence-electron chi connectivity index (χ3n) is 2.50. The molecule has 112 valence electrons. The van der Waals surface area contributed by atoms with Crippen molar-refractivity contribution in [3.05, 3.63) is 28.5 Å². The van der Waals surface area contributed by atoms with Gasteiger partial charge < -0.3 is 20.4 Å². The zero-order valence-electron chi connectivity index (χ0n) is 10.1. The zero-order valence-corrected chi connectivity index (χ0v) is 10.8. The molecule has 1 aromatic rings. The highest BCUT2D eigenvalue weighted by atomic mass is 35.5. The van der Waals surface area contributed by atoms with E-state index in [0.717, 1.165) is 12.1 Å². The van der Waals surface area contributed by atoms with Crippen LogP contribution in [-0.4, -0.2) is 49.3 Å². The first-order valence-corrected chi connectivity index (χ1v) is 5.62. The maximum Gasteiger partial charge on any atom is 0.324 e. The molecule has 1 aromatic heterocycles. The molecule has 0 radical (unpaired) electrons. The monoisotopic (exact) mass is 317 g/mol. The summed E-state index contributed by atoms with van der Waals surface area (Å²) in [6.45, 7) is 0. The molecule has 0 bridgehead atoms. The summed E-state index contributed by atoms with van der Waals surface area (Å²) in [7, 11) is 0. The van der Waals surface area contributed by atoms with Crippen molar-refractivity contribution in [2.75, 3.05) is 0 Å². The number of carboxylic acid groups (broad SMARTS) is 4. The second-order valence-corrected chi connectivity index (χ2v) is 4.21. The molecule has 0 spiro atoms. The summed E-state index contributed by atoms with van der Waals surface area (Å²) in [5.41, 5.74) is -1.30. The maximum atomic E-state index is 11.0. The largest absolute Gasteiger partial charge is 0.480 e. The molecule has 0 aliphatic heterocycles. The fourth-order valence-corrected chi connectivity index (χ4v) is 1.80. The predicted molar refractivity (Wildman–Crippen MR) is 65.3 cm³/mol. The molecule has 0 aromatic carbocycles. The third-order valence-corrected chi connectivity index (χ3v) is 2.71. The van der Waals surface area contributed by atoms with Crippen LogP contribution in [0.4, 0.5) is 0 Å². The van der Waals surface area contributed by atoms with Crippen molar-refractivity contribution < 1.29 is 39.6 Å². The number of aliphatic carboxylic acids is 4. The summed E-state index contributed by atoms with van der Waals surface area (Å²) >= 11 is 5.54. The van der Waals surface area contributed by atoms with Gasteiger partial charge in [-0.2, -0.15) is 0 Å². The topological polar surface area (TPSA) is 162 Å². The van der Waals surface area contributed by atoms with Crippen LogP contribution in [0.2, 0.25) is 5.15 Å². The van der Waals surface area contributed by atoms with Gasteiger partial charge in [0.15, 0.2) is 11.8 Å². The van der Waals surface area contributed by atoms with Gasteiger partial charge in [0, 0.05) is 5.56 Å². The standard InChI is InChI=1S/C11H8ClNO8/c12-4-2-1-3(5(8(14)15)9(16)17)7(13-4)6(10(18)19)11(20)21/h1-2,5-6H,(H,14,15)(H,16,17)(H,18,19)(H,20,21). The molecule has 21 heavy (non-hydrogen) atoms. The molecule has 0 atom stereocenters. The van der Waals surface area contributed by atoms with Crippen LogP contribution in [0.1, 0.15) is 23.1 Å². The average molecular weight is 318 g/mol. The van der Waals surface area contributed by atoms with Gasteiger partial charge in [-0.25, -0.2) is 4.98 Å². The number of aromatic nitrogens is 1. The normalized spacial score (nSPS) is 10.6. The molecule has 0 aliphatic carbocycles. The molecular formula is C11H8ClNO8. The van der Waals surface area contributed by atoms with Crippen molar-refractivity contribution in [3.63, 3.8) is 0 Å². The van der Waals surface area contributed by atoms with Gasteiger partial charge in [0.1, 0.15) is 5.15 Å². The Hall–Kier alpha value is -2.68. The van der Waals surface area contributed by atoms with Crippen LogP contribution < -0.4 is 0 Å². The van der Waals surface area contributed by atoms with Crippen molar-refractivity contribution in [2.24, 2.45) is 0 Å². The van der Waals surface area contributed by atoms with E-state index >= 15 is 0 Å². The van der Waals surface area contributed by atoms with Crippen LogP contribution in [0.15, 0.2) is 12.1 Å². The van der Waals surface area contributed by atoms with Crippen LogP contribution in [-0.2, 0) is 19.2 Å². The van der Waals surface area contributed by atoms with E-state index < -0.39 is 47.0 Å². The van der Waals surface area contributed by atoms with Crippen molar-refractivity contribution in [2.45, 2.75) is 11.8 Å². The van der Waals surface area contributed by atoms with Gasteiger partial charge >= 0.3 is 23.9 Å². The second-order valence-electron chi connectivity index (χ2n) is 3.83. The Bertz CT molecular complexity index is 601. The van der Waals surface area contributed by atoms with E-state index in [1.54, 1.807) is 0 Å². The highest BCUT2D eigenvalue weighted by Crippen LogP contribution is 2.28. The number of carboxylic acids is 4. The second kappa shape index (κ2) is 6.18. The number of hydrogen-bond donors (Lipinski definition) is 4. The van der Waals surface area contributed by atoms with Gasteiger partial charge in [-0.1, -0.05) is 17.7 Å². The van der Waals surface area contributed by atoms with Gasteiger partial charge in [-0.3, -0.25) is 19.2 Å². The molecule has 0 saturated heterocycles. The van der Waals surface area contributed by atoms with Gasteiger partial charge in [-0.15, -0.1) is 0 Å². The molecular weight excluding hydrogens is 310 g/mol. The molecule has 4 N–H and O–H groups in total. The van der Waals surface area contributed by atoms with E-state index in [0.29, 0.717) is 0 Å². The van der Waals surface area contributed by atoms with Gasteiger partial charge in [0.2, 0.25) is 0 Å². The van der Waals surface area contributed by atoms with Crippen LogP contribution in [0.3, 0.4) is 0 Å². The minimum atomic E-state index is -2.24. The lowest BCUT2D eigenvalue weighted by Crippen LogP contribution is -2.28. The van der Waals surface area contributed by atoms with Crippen molar-refractivity contribution in [3.8, 4) is 0 Å². The first-order valence-electron chi connectivity index (χ1n) is 5.24. The lowest BCUT2D eigenvalue weighted by atomic mass is 9.91. The van der Waals surface area contributed by atoms with Gasteiger partial charge in [0.25, 0.3) is 0 Å². The van der Waals surface area contributed by atoms with Gasteiger partial charge in [-0.05, 0) is 6.07 Å². The molecule has 0 saturated carbocycles. The molecule has 1 rings (SSSR count). The number of nitrogens with zero attached hydrogens (tertiary/aromatic N) is 1. The summed E-state index contributed by atoms with van der Waals surface area (Å²) in [5.74, 6) is -11.6. The van der Waals surface area contributed by atoms with Crippen molar-refractivity contribution >= 4 is 35.5 Å². The summed E-state index contributed by atoms with van der Waals surface area (Å²) in [5, 5.41) is 35.4. The summed E-state index contributed by atoms with van der Waals surface area (Å²) in [6, 6.07) is 1.97. The predicted octanol–water partition coefficient (Wildman–Crippen LogP) is 0.241. The highest BCUT2D eigenvalue weighted by Gasteiger charge is 2.38. The number of carbonyl (C=O) groups is 4. The molecule has 1 heterocycles. The van der Waals surface area contributed by atoms with E-state index in [9.17, 15) is 19.2 Å². The Morgan fingerprint density at radius 2 is 1.29 bits per heavy atom. The van der Waals surface area contributed by atoms with Crippen molar-refractivity contribution in [1.82, 2.24) is 4.98 Å². The number of rotatable bonds is 6. The van der Waals surface area contributed by atoms with Crippen LogP contribution in [0.25, 0.3) is 0 Å². The van der Waals surface area contributed by atoms with Crippen LogP contribution in [0.5, 0.6) is 0 Å². The molecule has 0 fully saturated rings. The number of halogens is 1.